The zero-order valence-electron chi connectivity index (χ0n) is 10.1. The predicted molar refractivity (Wildman–Crippen MR) is 60.1 cm³/mol. The normalized spacial score (nSPS) is 22.5. The summed E-state index contributed by atoms with van der Waals surface area (Å²) in [5, 5.41) is 9.13. The van der Waals surface area contributed by atoms with Crippen molar-refractivity contribution in [1.29, 1.82) is 0 Å². The van der Waals surface area contributed by atoms with Gasteiger partial charge in [0.1, 0.15) is 6.04 Å². The van der Waals surface area contributed by atoms with Crippen molar-refractivity contribution in [2.45, 2.75) is 39.3 Å². The van der Waals surface area contributed by atoms with E-state index in [-0.39, 0.29) is 5.91 Å². The maximum absolute atomic E-state index is 11.6. The molecule has 0 spiro atoms. The molecule has 0 aromatic rings. The number of carbonyl (C=O) groups excluding carboxylic acids is 1. The molecule has 1 atom stereocenters. The lowest BCUT2D eigenvalue weighted by Gasteiger charge is -2.41. The third kappa shape index (κ3) is 2.72. The largest absolute Gasteiger partial charge is 0.480 e. The Bertz CT molecular complexity index is 278. The van der Waals surface area contributed by atoms with Gasteiger partial charge in [-0.05, 0) is 13.8 Å². The molecule has 0 aromatic carbocycles. The second-order valence-corrected chi connectivity index (χ2v) is 4.38. The monoisotopic (exact) mass is 228 g/mol. The first-order valence-corrected chi connectivity index (χ1v) is 5.73. The number of rotatable bonds is 3. The molecule has 1 rings (SSSR count). The van der Waals surface area contributed by atoms with Crippen LogP contribution in [0.5, 0.6) is 0 Å². The van der Waals surface area contributed by atoms with Gasteiger partial charge in [-0.25, -0.2) is 4.79 Å². The number of hydrogen-bond donors (Lipinski definition) is 1. The van der Waals surface area contributed by atoms with Crippen LogP contribution in [0.1, 0.15) is 27.2 Å². The van der Waals surface area contributed by atoms with E-state index in [0.717, 1.165) is 6.54 Å². The molecule has 1 fully saturated rings. The van der Waals surface area contributed by atoms with Crippen LogP contribution in [-0.2, 0) is 9.59 Å². The summed E-state index contributed by atoms with van der Waals surface area (Å²) in [6.45, 7) is 7.54. The summed E-state index contributed by atoms with van der Waals surface area (Å²) in [4.78, 5) is 26.3. The molecule has 1 heterocycles. The lowest BCUT2D eigenvalue weighted by molar-refractivity contribution is -0.154. The van der Waals surface area contributed by atoms with Gasteiger partial charge in [-0.1, -0.05) is 6.92 Å². The number of carboxylic acid groups (broad SMARTS) is 1. The molecule has 0 aliphatic carbocycles. The highest BCUT2D eigenvalue weighted by molar-refractivity contribution is 5.83. The van der Waals surface area contributed by atoms with Crippen LogP contribution in [0.2, 0.25) is 0 Å². The summed E-state index contributed by atoms with van der Waals surface area (Å²) in [6.07, 6.45) is 0.367. The molecule has 0 aromatic heterocycles. The molecule has 1 unspecified atom stereocenters. The zero-order valence-corrected chi connectivity index (χ0v) is 10.1. The Morgan fingerprint density at radius 1 is 1.38 bits per heavy atom. The van der Waals surface area contributed by atoms with Gasteiger partial charge in [-0.3, -0.25) is 9.69 Å². The van der Waals surface area contributed by atoms with E-state index in [1.54, 1.807) is 6.92 Å². The fraction of sp³-hybridized carbons (Fsp3) is 0.818. The van der Waals surface area contributed by atoms with E-state index < -0.39 is 12.0 Å². The van der Waals surface area contributed by atoms with Gasteiger partial charge in [0.15, 0.2) is 0 Å². The molecular formula is C11H20N2O3. The summed E-state index contributed by atoms with van der Waals surface area (Å²) in [7, 11) is 0. The predicted octanol–water partition coefficient (Wildman–Crippen LogP) is 0.402. The van der Waals surface area contributed by atoms with Crippen molar-refractivity contribution >= 4 is 11.9 Å². The maximum atomic E-state index is 11.6. The molecule has 16 heavy (non-hydrogen) atoms. The van der Waals surface area contributed by atoms with Crippen molar-refractivity contribution in [2.24, 2.45) is 0 Å². The van der Waals surface area contributed by atoms with Gasteiger partial charge in [0.2, 0.25) is 5.91 Å². The lowest BCUT2D eigenvalue weighted by Crippen LogP contribution is -2.59. The van der Waals surface area contributed by atoms with E-state index in [4.69, 9.17) is 5.11 Å². The Morgan fingerprint density at radius 2 is 2.00 bits per heavy atom. The van der Waals surface area contributed by atoms with Crippen molar-refractivity contribution < 1.29 is 14.7 Å². The van der Waals surface area contributed by atoms with Gasteiger partial charge in [0.25, 0.3) is 0 Å². The van der Waals surface area contributed by atoms with E-state index in [1.807, 2.05) is 13.8 Å². The van der Waals surface area contributed by atoms with Crippen LogP contribution < -0.4 is 0 Å². The van der Waals surface area contributed by atoms with Gasteiger partial charge < -0.3 is 10.0 Å². The summed E-state index contributed by atoms with van der Waals surface area (Å²) in [5.41, 5.74) is 0. The van der Waals surface area contributed by atoms with Gasteiger partial charge in [-0.2, -0.15) is 0 Å². The highest BCUT2D eigenvalue weighted by Crippen LogP contribution is 2.13. The highest BCUT2D eigenvalue weighted by atomic mass is 16.4. The minimum Gasteiger partial charge on any atom is -0.480 e. The number of aliphatic carboxylic acids is 1. The fourth-order valence-corrected chi connectivity index (χ4v) is 1.99. The lowest BCUT2D eigenvalue weighted by atomic mass is 10.1. The van der Waals surface area contributed by atoms with Crippen LogP contribution in [0, 0.1) is 0 Å². The Morgan fingerprint density at radius 3 is 2.44 bits per heavy atom. The summed E-state index contributed by atoms with van der Waals surface area (Å²) < 4.78 is 0. The first kappa shape index (κ1) is 13.0. The molecule has 5 heteroatoms. The molecule has 1 saturated heterocycles. The van der Waals surface area contributed by atoms with Gasteiger partial charge in [0, 0.05) is 32.1 Å². The molecule has 5 nitrogen and oxygen atoms in total. The second-order valence-electron chi connectivity index (χ2n) is 4.38. The Kier molecular flexibility index (Phi) is 4.29. The summed E-state index contributed by atoms with van der Waals surface area (Å²) in [5.74, 6) is -0.983. The van der Waals surface area contributed by atoms with Crippen LogP contribution in [0.15, 0.2) is 0 Å². The van der Waals surface area contributed by atoms with Crippen LogP contribution in [0.25, 0.3) is 0 Å². The molecule has 1 amide bonds. The Balaban J connectivity index is 2.75. The zero-order chi connectivity index (χ0) is 12.3. The fourth-order valence-electron chi connectivity index (χ4n) is 1.99. The van der Waals surface area contributed by atoms with Crippen molar-refractivity contribution in [3.8, 4) is 0 Å². The van der Waals surface area contributed by atoms with Gasteiger partial charge in [0.05, 0.1) is 0 Å². The average Bonchev–Trinajstić information content (AvgIpc) is 2.26. The molecule has 0 bridgehead atoms. The molecule has 0 radical (unpaired) electrons. The number of carboxylic acids is 1. The molecule has 0 saturated carbocycles. The van der Waals surface area contributed by atoms with E-state index in [0.29, 0.717) is 25.6 Å². The molecule has 1 aliphatic heterocycles. The quantitative estimate of drug-likeness (QED) is 0.759. The van der Waals surface area contributed by atoms with E-state index in [9.17, 15) is 9.59 Å². The topological polar surface area (TPSA) is 60.9 Å². The Labute approximate surface area is 96.0 Å². The van der Waals surface area contributed by atoms with Gasteiger partial charge >= 0.3 is 5.97 Å². The van der Waals surface area contributed by atoms with Crippen molar-refractivity contribution in [3.05, 3.63) is 0 Å². The summed E-state index contributed by atoms with van der Waals surface area (Å²) >= 11 is 0. The average molecular weight is 228 g/mol. The number of nitrogens with zero attached hydrogens (tertiary/aromatic N) is 2. The van der Waals surface area contributed by atoms with E-state index >= 15 is 0 Å². The number of hydrogen-bond acceptors (Lipinski definition) is 3. The molecule has 1 N–H and O–H groups in total. The minimum absolute atomic E-state index is 0.0733. The number of carbonyl (C=O) groups is 2. The molecule has 1 aliphatic rings. The van der Waals surface area contributed by atoms with Crippen LogP contribution >= 0.6 is 0 Å². The molecular weight excluding hydrogens is 208 g/mol. The maximum Gasteiger partial charge on any atom is 0.327 e. The standard InChI is InChI=1S/C11H20N2O3/c1-4-10(14)13-6-5-12(8(2)3)7-9(13)11(15)16/h8-9H,4-7H2,1-3H3,(H,15,16). The second kappa shape index (κ2) is 5.30. The molecule has 92 valence electrons. The van der Waals surface area contributed by atoms with Crippen molar-refractivity contribution in [2.75, 3.05) is 19.6 Å². The first-order valence-electron chi connectivity index (χ1n) is 5.73. The Hall–Kier alpha value is -1.10. The van der Waals surface area contributed by atoms with Crippen LogP contribution in [0.4, 0.5) is 0 Å². The smallest absolute Gasteiger partial charge is 0.327 e. The SMILES string of the molecule is CCC(=O)N1CCN(C(C)C)CC1C(=O)O. The van der Waals surface area contributed by atoms with E-state index in [2.05, 4.69) is 4.90 Å². The summed E-state index contributed by atoms with van der Waals surface area (Å²) in [6, 6.07) is -0.371. The van der Waals surface area contributed by atoms with Crippen molar-refractivity contribution in [1.82, 2.24) is 9.80 Å². The van der Waals surface area contributed by atoms with Crippen LogP contribution in [-0.4, -0.2) is 58.5 Å². The van der Waals surface area contributed by atoms with Crippen LogP contribution in [0.3, 0.4) is 0 Å². The third-order valence-electron chi connectivity index (χ3n) is 3.05. The third-order valence-corrected chi connectivity index (χ3v) is 3.05. The van der Waals surface area contributed by atoms with Crippen molar-refractivity contribution in [3.63, 3.8) is 0 Å². The minimum atomic E-state index is -0.910. The first-order chi connectivity index (χ1) is 7.47. The highest BCUT2D eigenvalue weighted by Gasteiger charge is 2.35. The van der Waals surface area contributed by atoms with E-state index in [1.165, 1.54) is 4.90 Å². The number of piperazine rings is 1. The van der Waals surface area contributed by atoms with Gasteiger partial charge in [-0.15, -0.1) is 0 Å². The number of amides is 1.